The Kier molecular flexibility index (Phi) is 5.18. The zero-order valence-corrected chi connectivity index (χ0v) is 16.4. The van der Waals surface area contributed by atoms with Crippen LogP contribution in [0.25, 0.3) is 0 Å². The second-order valence-corrected chi connectivity index (χ2v) is 6.91. The van der Waals surface area contributed by atoms with Crippen LogP contribution in [0.4, 0.5) is 5.69 Å². The van der Waals surface area contributed by atoms with E-state index in [1.165, 1.54) is 0 Å². The SMILES string of the molecule is CNC(=O)CN1c2ccccc2C(=O)N(C)C1c1cc(Br)ccc1OC. The number of para-hydroxylation sites is 1. The number of amides is 2. The van der Waals surface area contributed by atoms with Crippen molar-refractivity contribution in [2.75, 3.05) is 32.6 Å². The van der Waals surface area contributed by atoms with E-state index in [9.17, 15) is 9.59 Å². The molecule has 2 aromatic rings. The molecule has 0 bridgehead atoms. The molecule has 0 aromatic heterocycles. The Morgan fingerprint density at radius 3 is 2.69 bits per heavy atom. The topological polar surface area (TPSA) is 61.9 Å². The van der Waals surface area contributed by atoms with E-state index < -0.39 is 6.17 Å². The third-order valence-electron chi connectivity index (χ3n) is 4.49. The number of ether oxygens (including phenoxy) is 1. The number of methoxy groups -OCH3 is 1. The average molecular weight is 418 g/mol. The van der Waals surface area contributed by atoms with Crippen molar-refractivity contribution in [1.29, 1.82) is 0 Å². The molecule has 7 heteroatoms. The highest BCUT2D eigenvalue weighted by Crippen LogP contribution is 2.41. The number of anilines is 1. The van der Waals surface area contributed by atoms with Crippen LogP contribution in [0.1, 0.15) is 22.1 Å². The van der Waals surface area contributed by atoms with Gasteiger partial charge < -0.3 is 19.9 Å². The van der Waals surface area contributed by atoms with Crippen LogP contribution < -0.4 is 15.0 Å². The van der Waals surface area contributed by atoms with Gasteiger partial charge in [0.25, 0.3) is 5.91 Å². The maximum absolute atomic E-state index is 12.9. The molecule has 2 amide bonds. The van der Waals surface area contributed by atoms with Crippen LogP contribution in [0.15, 0.2) is 46.9 Å². The van der Waals surface area contributed by atoms with Crippen molar-refractivity contribution in [2.24, 2.45) is 0 Å². The molecule has 1 heterocycles. The van der Waals surface area contributed by atoms with Gasteiger partial charge in [-0.05, 0) is 30.3 Å². The van der Waals surface area contributed by atoms with Crippen molar-refractivity contribution < 1.29 is 14.3 Å². The first-order valence-electron chi connectivity index (χ1n) is 8.14. The lowest BCUT2D eigenvalue weighted by Gasteiger charge is -2.44. The normalized spacial score (nSPS) is 16.3. The largest absolute Gasteiger partial charge is 0.496 e. The maximum atomic E-state index is 12.9. The van der Waals surface area contributed by atoms with Crippen molar-refractivity contribution in [1.82, 2.24) is 10.2 Å². The summed E-state index contributed by atoms with van der Waals surface area (Å²) in [4.78, 5) is 28.7. The minimum absolute atomic E-state index is 0.0965. The molecule has 1 aliphatic heterocycles. The first-order chi connectivity index (χ1) is 12.5. The third-order valence-corrected chi connectivity index (χ3v) is 4.98. The van der Waals surface area contributed by atoms with Crippen molar-refractivity contribution in [3.8, 4) is 5.75 Å². The number of nitrogens with zero attached hydrogens (tertiary/aromatic N) is 2. The van der Waals surface area contributed by atoms with Gasteiger partial charge in [-0.3, -0.25) is 9.59 Å². The molecule has 0 aliphatic carbocycles. The predicted molar refractivity (Wildman–Crippen MR) is 103 cm³/mol. The van der Waals surface area contributed by atoms with E-state index in [0.29, 0.717) is 11.3 Å². The molecule has 26 heavy (non-hydrogen) atoms. The molecule has 1 N–H and O–H groups in total. The summed E-state index contributed by atoms with van der Waals surface area (Å²) in [6.07, 6.45) is -0.470. The number of carbonyl (C=O) groups excluding carboxylic acids is 2. The number of fused-ring (bicyclic) bond motifs is 1. The molecule has 1 unspecified atom stereocenters. The fourth-order valence-corrected chi connectivity index (χ4v) is 3.61. The Bertz CT molecular complexity index is 856. The van der Waals surface area contributed by atoms with Gasteiger partial charge in [0, 0.05) is 24.1 Å². The molecule has 1 aliphatic rings. The van der Waals surface area contributed by atoms with Gasteiger partial charge in [0.1, 0.15) is 11.9 Å². The quantitative estimate of drug-likeness (QED) is 0.830. The molecule has 0 saturated carbocycles. The van der Waals surface area contributed by atoms with Crippen molar-refractivity contribution in [3.05, 3.63) is 58.1 Å². The predicted octanol–water partition coefficient (Wildman–Crippen LogP) is 2.79. The van der Waals surface area contributed by atoms with Gasteiger partial charge in [-0.25, -0.2) is 0 Å². The second kappa shape index (κ2) is 7.37. The highest BCUT2D eigenvalue weighted by Gasteiger charge is 2.38. The van der Waals surface area contributed by atoms with E-state index in [2.05, 4.69) is 21.2 Å². The summed E-state index contributed by atoms with van der Waals surface area (Å²) in [6.45, 7) is 0.117. The van der Waals surface area contributed by atoms with Crippen LogP contribution in [-0.2, 0) is 4.79 Å². The summed E-state index contributed by atoms with van der Waals surface area (Å²) in [5.41, 5.74) is 2.10. The molecule has 1 atom stereocenters. The molecule has 0 spiro atoms. The van der Waals surface area contributed by atoms with Crippen LogP contribution in [0.2, 0.25) is 0 Å². The lowest BCUT2D eigenvalue weighted by atomic mass is 10.0. The van der Waals surface area contributed by atoms with Crippen molar-refractivity contribution in [2.45, 2.75) is 6.17 Å². The standard InChI is InChI=1S/C19H20BrN3O3/c1-21-17(24)11-23-15-7-5-4-6-13(15)19(25)22(2)18(23)14-10-12(20)8-9-16(14)26-3/h4-10,18H,11H2,1-3H3,(H,21,24). The van der Waals surface area contributed by atoms with Crippen molar-refractivity contribution >= 4 is 33.4 Å². The second-order valence-electron chi connectivity index (χ2n) is 5.99. The van der Waals surface area contributed by atoms with Gasteiger partial charge in [-0.2, -0.15) is 0 Å². The van der Waals surface area contributed by atoms with Gasteiger partial charge in [0.15, 0.2) is 0 Å². The zero-order valence-electron chi connectivity index (χ0n) is 14.8. The zero-order chi connectivity index (χ0) is 18.8. The highest BCUT2D eigenvalue weighted by molar-refractivity contribution is 9.10. The van der Waals surface area contributed by atoms with Crippen LogP contribution in [0.5, 0.6) is 5.75 Å². The lowest BCUT2D eigenvalue weighted by Crippen LogP contribution is -2.50. The van der Waals surface area contributed by atoms with Crippen LogP contribution >= 0.6 is 15.9 Å². The molecule has 0 radical (unpaired) electrons. The average Bonchev–Trinajstić information content (AvgIpc) is 2.66. The Morgan fingerprint density at radius 1 is 1.27 bits per heavy atom. The number of rotatable bonds is 4. The molecule has 136 valence electrons. The van der Waals surface area contributed by atoms with Gasteiger partial charge in [0.2, 0.25) is 5.91 Å². The Morgan fingerprint density at radius 2 is 2.00 bits per heavy atom. The minimum Gasteiger partial charge on any atom is -0.496 e. The van der Waals surface area contributed by atoms with E-state index >= 15 is 0 Å². The lowest BCUT2D eigenvalue weighted by molar-refractivity contribution is -0.119. The fourth-order valence-electron chi connectivity index (χ4n) is 3.24. The molecule has 0 fully saturated rings. The van der Waals surface area contributed by atoms with Crippen LogP contribution in [-0.4, -0.2) is 44.5 Å². The summed E-state index contributed by atoms with van der Waals surface area (Å²) < 4.78 is 6.39. The number of nitrogens with one attached hydrogen (secondary N) is 1. The number of benzene rings is 2. The number of carbonyl (C=O) groups is 2. The van der Waals surface area contributed by atoms with Gasteiger partial charge in [-0.15, -0.1) is 0 Å². The van der Waals surface area contributed by atoms with Crippen LogP contribution in [0.3, 0.4) is 0 Å². The van der Waals surface area contributed by atoms with Gasteiger partial charge >= 0.3 is 0 Å². The molecular weight excluding hydrogens is 398 g/mol. The summed E-state index contributed by atoms with van der Waals surface area (Å²) in [5.74, 6) is 0.418. The Hall–Kier alpha value is -2.54. The summed E-state index contributed by atoms with van der Waals surface area (Å²) in [5, 5.41) is 2.66. The smallest absolute Gasteiger partial charge is 0.257 e. The first kappa shape index (κ1) is 18.3. The maximum Gasteiger partial charge on any atom is 0.257 e. The van der Waals surface area contributed by atoms with E-state index in [0.717, 1.165) is 15.7 Å². The molecular formula is C19H20BrN3O3. The number of likely N-dealkylation sites (N-methyl/N-ethyl adjacent to an activating group) is 1. The molecule has 6 nitrogen and oxygen atoms in total. The van der Waals surface area contributed by atoms with E-state index in [4.69, 9.17) is 4.74 Å². The minimum atomic E-state index is -0.470. The van der Waals surface area contributed by atoms with E-state index in [1.807, 2.05) is 41.3 Å². The Labute approximate surface area is 160 Å². The van der Waals surface area contributed by atoms with Gasteiger partial charge in [0.05, 0.1) is 24.9 Å². The fraction of sp³-hybridized carbons (Fsp3) is 0.263. The highest BCUT2D eigenvalue weighted by atomic mass is 79.9. The Balaban J connectivity index is 2.20. The molecule has 3 rings (SSSR count). The van der Waals surface area contributed by atoms with E-state index in [1.54, 1.807) is 32.2 Å². The first-order valence-corrected chi connectivity index (χ1v) is 8.94. The third kappa shape index (κ3) is 3.14. The van der Waals surface area contributed by atoms with Crippen molar-refractivity contribution in [3.63, 3.8) is 0 Å². The molecule has 0 saturated heterocycles. The monoisotopic (exact) mass is 417 g/mol. The van der Waals surface area contributed by atoms with Crippen LogP contribution in [0, 0.1) is 0 Å². The molecule has 2 aromatic carbocycles. The van der Waals surface area contributed by atoms with Gasteiger partial charge in [-0.1, -0.05) is 28.1 Å². The summed E-state index contributed by atoms with van der Waals surface area (Å²) in [7, 11) is 4.93. The number of hydrogen-bond donors (Lipinski definition) is 1. The summed E-state index contributed by atoms with van der Waals surface area (Å²) >= 11 is 3.49. The van der Waals surface area contributed by atoms with E-state index in [-0.39, 0.29) is 18.4 Å². The number of halogens is 1. The summed E-state index contributed by atoms with van der Waals surface area (Å²) in [6, 6.07) is 13.0. The number of hydrogen-bond acceptors (Lipinski definition) is 4.